The number of methoxy groups -OCH3 is 2. The first-order chi connectivity index (χ1) is 12.6. The fourth-order valence-corrected chi connectivity index (χ4v) is 6.71. The minimum atomic E-state index is -3.07. The molecule has 138 valence electrons. The molecule has 0 spiro atoms. The van der Waals surface area contributed by atoms with Gasteiger partial charge in [0, 0.05) is 18.5 Å². The molecule has 2 aliphatic heterocycles. The van der Waals surface area contributed by atoms with Crippen molar-refractivity contribution in [3.8, 4) is 11.5 Å². The van der Waals surface area contributed by atoms with Crippen molar-refractivity contribution >= 4 is 12.8 Å². The van der Waals surface area contributed by atoms with E-state index in [4.69, 9.17) is 14.0 Å². The monoisotopic (exact) mass is 373 g/mol. The molecule has 26 heavy (non-hydrogen) atoms. The van der Waals surface area contributed by atoms with Crippen LogP contribution in [0.25, 0.3) is 0 Å². The molecule has 1 fully saturated rings. The quantitative estimate of drug-likeness (QED) is 0.766. The Hall–Kier alpha value is -1.81. The van der Waals surface area contributed by atoms with Crippen LogP contribution in [0.15, 0.2) is 42.5 Å². The highest BCUT2D eigenvalue weighted by Gasteiger charge is 2.48. The van der Waals surface area contributed by atoms with E-state index in [0.717, 1.165) is 17.5 Å². The third kappa shape index (κ3) is 2.66. The van der Waals surface area contributed by atoms with Gasteiger partial charge in [0.1, 0.15) is 0 Å². The molecule has 2 heterocycles. The molecular weight excluding hydrogens is 349 g/mol. The number of benzene rings is 2. The van der Waals surface area contributed by atoms with Gasteiger partial charge in [-0.2, -0.15) is 0 Å². The van der Waals surface area contributed by atoms with E-state index in [1.54, 1.807) is 14.2 Å². The second-order valence-electron chi connectivity index (χ2n) is 6.89. The van der Waals surface area contributed by atoms with Gasteiger partial charge in [-0.25, -0.2) is 4.67 Å². The zero-order chi connectivity index (χ0) is 18.3. The molecule has 1 saturated heterocycles. The number of nitrogens with zero attached hydrogens (tertiary/aromatic N) is 1. The number of hydrogen-bond acceptors (Lipinski definition) is 4. The largest absolute Gasteiger partial charge is 0.493 e. The number of hydrogen-bond donors (Lipinski definition) is 0. The summed E-state index contributed by atoms with van der Waals surface area (Å²) in [5.74, 6) is 1.69. The van der Waals surface area contributed by atoms with Crippen molar-refractivity contribution < 1.29 is 18.6 Å². The van der Waals surface area contributed by atoms with Gasteiger partial charge in [0.15, 0.2) is 11.5 Å². The van der Waals surface area contributed by atoms with Crippen molar-refractivity contribution in [1.82, 2.24) is 4.67 Å². The topological polar surface area (TPSA) is 48.0 Å². The van der Waals surface area contributed by atoms with Crippen molar-refractivity contribution in [2.24, 2.45) is 5.92 Å². The lowest BCUT2D eigenvalue weighted by Crippen LogP contribution is -2.44. The fraction of sp³-hybridized carbons (Fsp3) is 0.400. The van der Waals surface area contributed by atoms with Crippen LogP contribution in [0.4, 0.5) is 0 Å². The lowest BCUT2D eigenvalue weighted by molar-refractivity contribution is 0.103. The normalized spacial score (nSPS) is 28.1. The Morgan fingerprint density at radius 1 is 1.12 bits per heavy atom. The van der Waals surface area contributed by atoms with E-state index in [1.807, 2.05) is 36.4 Å². The standard InChI is InChI=1S/C20H24NO4P/c1-14-13-25-26(22,16-7-5-4-6-8-16)21-10-9-15-11-18(23-2)19(24-3)12-17(15)20(14)21/h4-8,11-12,14,20H,9-10,13H2,1-3H3/t14-,20+,26+/m0/s1. The molecule has 0 amide bonds. The summed E-state index contributed by atoms with van der Waals surface area (Å²) in [6.07, 6.45) is 0.805. The third-order valence-corrected chi connectivity index (χ3v) is 7.94. The van der Waals surface area contributed by atoms with Crippen LogP contribution in [0, 0.1) is 5.92 Å². The Morgan fingerprint density at radius 2 is 1.81 bits per heavy atom. The lowest BCUT2D eigenvalue weighted by atomic mass is 9.87. The molecule has 2 aromatic rings. The van der Waals surface area contributed by atoms with Crippen molar-refractivity contribution in [3.05, 3.63) is 53.6 Å². The zero-order valence-electron chi connectivity index (χ0n) is 15.3. The van der Waals surface area contributed by atoms with Gasteiger partial charge < -0.3 is 14.0 Å². The number of rotatable bonds is 3. The number of ether oxygens (including phenoxy) is 2. The average Bonchev–Trinajstić information content (AvgIpc) is 2.69. The van der Waals surface area contributed by atoms with Crippen LogP contribution in [0.2, 0.25) is 0 Å². The smallest absolute Gasteiger partial charge is 0.302 e. The summed E-state index contributed by atoms with van der Waals surface area (Å²) in [4.78, 5) is 0. The van der Waals surface area contributed by atoms with E-state index in [-0.39, 0.29) is 12.0 Å². The maximum absolute atomic E-state index is 13.9. The SMILES string of the molecule is COc1cc2c(cc1OC)[C@H]1[C@@H](C)CO[P@](=O)(c3ccccc3)N1CC2. The highest BCUT2D eigenvalue weighted by Crippen LogP contribution is 2.61. The summed E-state index contributed by atoms with van der Waals surface area (Å²) in [7, 11) is 0.227. The minimum absolute atomic E-state index is 0.0401. The van der Waals surface area contributed by atoms with Crippen LogP contribution in [0.3, 0.4) is 0 Å². The fourth-order valence-electron chi connectivity index (χ4n) is 4.08. The number of fused-ring (bicyclic) bond motifs is 3. The molecule has 2 aromatic carbocycles. The maximum atomic E-state index is 13.9. The molecule has 0 N–H and O–H groups in total. The van der Waals surface area contributed by atoms with E-state index in [2.05, 4.69) is 17.7 Å². The molecule has 0 unspecified atom stereocenters. The zero-order valence-corrected chi connectivity index (χ0v) is 16.2. The van der Waals surface area contributed by atoms with E-state index in [0.29, 0.717) is 18.9 Å². The van der Waals surface area contributed by atoms with Crippen LogP contribution in [-0.2, 0) is 15.5 Å². The molecule has 0 saturated carbocycles. The minimum Gasteiger partial charge on any atom is -0.493 e. The summed E-state index contributed by atoms with van der Waals surface area (Å²) < 4.78 is 32.9. The molecular formula is C20H24NO4P. The summed E-state index contributed by atoms with van der Waals surface area (Å²) in [6.45, 7) is 3.32. The molecule has 6 heteroatoms. The highest BCUT2D eigenvalue weighted by molar-refractivity contribution is 7.64. The van der Waals surface area contributed by atoms with Gasteiger partial charge >= 0.3 is 7.52 Å². The van der Waals surface area contributed by atoms with E-state index in [1.165, 1.54) is 11.1 Å². The molecule has 0 radical (unpaired) electrons. The Bertz CT molecular complexity index is 854. The second-order valence-corrected chi connectivity index (χ2v) is 9.22. The Morgan fingerprint density at radius 3 is 2.50 bits per heavy atom. The van der Waals surface area contributed by atoms with Gasteiger partial charge in [0.2, 0.25) is 0 Å². The van der Waals surface area contributed by atoms with E-state index < -0.39 is 7.52 Å². The third-order valence-electron chi connectivity index (χ3n) is 5.37. The van der Waals surface area contributed by atoms with Crippen LogP contribution in [-0.4, -0.2) is 32.0 Å². The van der Waals surface area contributed by atoms with Gasteiger partial charge in [-0.1, -0.05) is 25.1 Å². The van der Waals surface area contributed by atoms with E-state index in [9.17, 15) is 4.57 Å². The maximum Gasteiger partial charge on any atom is 0.302 e. The first-order valence-corrected chi connectivity index (χ1v) is 10.5. The molecule has 0 aromatic heterocycles. The van der Waals surface area contributed by atoms with Gasteiger partial charge in [-0.3, -0.25) is 4.57 Å². The van der Waals surface area contributed by atoms with Crippen molar-refractivity contribution in [2.45, 2.75) is 19.4 Å². The summed E-state index contributed by atoms with van der Waals surface area (Å²) in [5.41, 5.74) is 2.40. The van der Waals surface area contributed by atoms with Crippen molar-refractivity contribution in [3.63, 3.8) is 0 Å². The summed E-state index contributed by atoms with van der Waals surface area (Å²) >= 11 is 0. The van der Waals surface area contributed by atoms with Crippen LogP contribution < -0.4 is 14.8 Å². The van der Waals surface area contributed by atoms with Crippen LogP contribution in [0.1, 0.15) is 24.1 Å². The first kappa shape index (κ1) is 17.6. The molecule has 0 aliphatic carbocycles. The van der Waals surface area contributed by atoms with Crippen molar-refractivity contribution in [1.29, 1.82) is 0 Å². The lowest BCUT2D eigenvalue weighted by Gasteiger charge is -2.47. The van der Waals surface area contributed by atoms with Gasteiger partial charge in [-0.05, 0) is 41.8 Å². The predicted octanol–water partition coefficient (Wildman–Crippen LogP) is 3.79. The van der Waals surface area contributed by atoms with Gasteiger partial charge in [0.05, 0.1) is 26.1 Å². The van der Waals surface area contributed by atoms with Crippen molar-refractivity contribution in [2.75, 3.05) is 27.4 Å². The molecule has 2 aliphatic rings. The highest BCUT2D eigenvalue weighted by atomic mass is 31.2. The van der Waals surface area contributed by atoms with Crippen LogP contribution in [0.5, 0.6) is 11.5 Å². The molecule has 3 atom stereocenters. The van der Waals surface area contributed by atoms with Gasteiger partial charge in [0.25, 0.3) is 0 Å². The average molecular weight is 373 g/mol. The molecule has 0 bridgehead atoms. The first-order valence-electron chi connectivity index (χ1n) is 8.90. The van der Waals surface area contributed by atoms with Gasteiger partial charge in [-0.15, -0.1) is 0 Å². The summed E-state index contributed by atoms with van der Waals surface area (Å²) in [6, 6.07) is 13.7. The predicted molar refractivity (Wildman–Crippen MR) is 101 cm³/mol. The Labute approximate surface area is 154 Å². The summed E-state index contributed by atoms with van der Waals surface area (Å²) in [5, 5.41) is 0.765. The van der Waals surface area contributed by atoms with Crippen LogP contribution >= 0.6 is 7.52 Å². The second kappa shape index (κ2) is 6.73. The molecule has 5 nitrogen and oxygen atoms in total. The van der Waals surface area contributed by atoms with E-state index >= 15 is 0 Å². The molecule has 4 rings (SSSR count). The Kier molecular flexibility index (Phi) is 4.55. The Balaban J connectivity index is 1.82.